The average Bonchev–Trinajstić information content (AvgIpc) is 3.18. The highest BCUT2D eigenvalue weighted by molar-refractivity contribution is 5.21. The lowest BCUT2D eigenvalue weighted by atomic mass is 10.1. The number of fused-ring (bicyclic) bond motifs is 1. The fourth-order valence-corrected chi connectivity index (χ4v) is 3.84. The first-order valence-corrected chi connectivity index (χ1v) is 8.61. The number of ether oxygens (including phenoxy) is 2. The zero-order valence-corrected chi connectivity index (χ0v) is 13.6. The Morgan fingerprint density at radius 1 is 1.23 bits per heavy atom. The molecule has 1 aromatic rings. The average molecular weight is 306 g/mol. The summed E-state index contributed by atoms with van der Waals surface area (Å²) in [6.07, 6.45) is 5.52. The molecule has 1 saturated heterocycles. The van der Waals surface area contributed by atoms with Crippen LogP contribution in [0.1, 0.15) is 42.7 Å². The van der Waals surface area contributed by atoms with Crippen molar-refractivity contribution in [2.24, 2.45) is 5.92 Å². The molecule has 22 heavy (non-hydrogen) atoms. The molecule has 0 amide bonds. The molecule has 0 unspecified atom stereocenters. The van der Waals surface area contributed by atoms with Crippen LogP contribution in [0.15, 0.2) is 4.52 Å². The SMILES string of the molecule is Cc1noc(C)c1CN1CCO[C@H]2[C@@H](OCC3CC3)CC[C@@H]21. The molecule has 1 aromatic heterocycles. The van der Waals surface area contributed by atoms with Crippen molar-refractivity contribution >= 4 is 0 Å². The Morgan fingerprint density at radius 2 is 2.09 bits per heavy atom. The van der Waals surface area contributed by atoms with E-state index < -0.39 is 0 Å². The van der Waals surface area contributed by atoms with Crippen molar-refractivity contribution in [1.29, 1.82) is 0 Å². The van der Waals surface area contributed by atoms with Crippen LogP contribution in [0.3, 0.4) is 0 Å². The highest BCUT2D eigenvalue weighted by Crippen LogP contribution is 2.36. The normalized spacial score (nSPS) is 32.4. The molecule has 122 valence electrons. The third kappa shape index (κ3) is 2.82. The van der Waals surface area contributed by atoms with Crippen molar-refractivity contribution in [2.45, 2.75) is 64.3 Å². The van der Waals surface area contributed by atoms with Gasteiger partial charge in [0.05, 0.1) is 24.5 Å². The van der Waals surface area contributed by atoms with Gasteiger partial charge in [-0.05, 0) is 45.4 Å². The van der Waals surface area contributed by atoms with Gasteiger partial charge in [0.25, 0.3) is 0 Å². The Balaban J connectivity index is 1.41. The summed E-state index contributed by atoms with van der Waals surface area (Å²) in [5, 5.41) is 4.08. The predicted molar refractivity (Wildman–Crippen MR) is 81.6 cm³/mol. The molecule has 0 bridgehead atoms. The number of hydrogen-bond donors (Lipinski definition) is 0. The van der Waals surface area contributed by atoms with Crippen LogP contribution in [0.4, 0.5) is 0 Å². The number of aromatic nitrogens is 1. The van der Waals surface area contributed by atoms with Crippen LogP contribution in [0.5, 0.6) is 0 Å². The van der Waals surface area contributed by atoms with Gasteiger partial charge in [0.1, 0.15) is 5.76 Å². The summed E-state index contributed by atoms with van der Waals surface area (Å²) >= 11 is 0. The monoisotopic (exact) mass is 306 g/mol. The van der Waals surface area contributed by atoms with E-state index in [4.69, 9.17) is 14.0 Å². The number of rotatable bonds is 5. The first-order chi connectivity index (χ1) is 10.7. The second-order valence-corrected chi connectivity index (χ2v) is 7.07. The maximum absolute atomic E-state index is 6.14. The zero-order valence-electron chi connectivity index (χ0n) is 13.6. The molecule has 2 saturated carbocycles. The molecule has 5 heteroatoms. The molecular formula is C17H26N2O3. The van der Waals surface area contributed by atoms with Gasteiger partial charge in [-0.3, -0.25) is 4.90 Å². The molecule has 0 radical (unpaired) electrons. The van der Waals surface area contributed by atoms with Crippen LogP contribution in [0.2, 0.25) is 0 Å². The summed E-state index contributed by atoms with van der Waals surface area (Å²) in [5.41, 5.74) is 2.25. The topological polar surface area (TPSA) is 47.7 Å². The lowest BCUT2D eigenvalue weighted by Gasteiger charge is -2.39. The lowest BCUT2D eigenvalue weighted by Crippen LogP contribution is -2.51. The van der Waals surface area contributed by atoms with Gasteiger partial charge in [-0.25, -0.2) is 0 Å². The second-order valence-electron chi connectivity index (χ2n) is 7.07. The minimum absolute atomic E-state index is 0.243. The Morgan fingerprint density at radius 3 is 2.82 bits per heavy atom. The number of morpholine rings is 1. The number of nitrogens with zero attached hydrogens (tertiary/aromatic N) is 2. The largest absolute Gasteiger partial charge is 0.375 e. The van der Waals surface area contributed by atoms with Crippen LogP contribution >= 0.6 is 0 Å². The minimum atomic E-state index is 0.243. The van der Waals surface area contributed by atoms with Gasteiger partial charge in [0.15, 0.2) is 0 Å². The van der Waals surface area contributed by atoms with Crippen molar-refractivity contribution in [2.75, 3.05) is 19.8 Å². The third-order valence-electron chi connectivity index (χ3n) is 5.44. The van der Waals surface area contributed by atoms with Crippen LogP contribution < -0.4 is 0 Å². The molecule has 3 fully saturated rings. The molecule has 0 spiro atoms. The van der Waals surface area contributed by atoms with Gasteiger partial charge in [-0.15, -0.1) is 0 Å². The summed E-state index contributed by atoms with van der Waals surface area (Å²) in [6, 6.07) is 0.478. The maximum atomic E-state index is 6.14. The summed E-state index contributed by atoms with van der Waals surface area (Å²) < 4.78 is 17.5. The summed E-state index contributed by atoms with van der Waals surface area (Å²) in [5.74, 6) is 1.76. The van der Waals surface area contributed by atoms with Crippen molar-refractivity contribution in [3.8, 4) is 0 Å². The van der Waals surface area contributed by atoms with Gasteiger partial charge < -0.3 is 14.0 Å². The van der Waals surface area contributed by atoms with Crippen LogP contribution in [0.25, 0.3) is 0 Å². The Kier molecular flexibility index (Phi) is 3.96. The summed E-state index contributed by atoms with van der Waals surface area (Å²) in [6.45, 7) is 7.67. The molecule has 5 nitrogen and oxygen atoms in total. The van der Waals surface area contributed by atoms with Crippen LogP contribution in [0, 0.1) is 19.8 Å². The van der Waals surface area contributed by atoms with Gasteiger partial charge >= 0.3 is 0 Å². The van der Waals surface area contributed by atoms with Crippen molar-refractivity contribution in [3.63, 3.8) is 0 Å². The first kappa shape index (κ1) is 14.7. The first-order valence-electron chi connectivity index (χ1n) is 8.61. The van der Waals surface area contributed by atoms with E-state index in [1.165, 1.54) is 24.8 Å². The van der Waals surface area contributed by atoms with E-state index >= 15 is 0 Å². The van der Waals surface area contributed by atoms with Gasteiger partial charge in [-0.1, -0.05) is 5.16 Å². The second kappa shape index (κ2) is 5.95. The van der Waals surface area contributed by atoms with Crippen molar-refractivity contribution in [3.05, 3.63) is 17.0 Å². The molecule has 3 aliphatic rings. The minimum Gasteiger partial charge on any atom is -0.375 e. The zero-order chi connectivity index (χ0) is 15.1. The molecule has 0 N–H and O–H groups in total. The molecular weight excluding hydrogens is 280 g/mol. The van der Waals surface area contributed by atoms with E-state index in [1.807, 2.05) is 13.8 Å². The van der Waals surface area contributed by atoms with E-state index in [0.717, 1.165) is 50.1 Å². The molecule has 1 aliphatic heterocycles. The molecule has 2 aliphatic carbocycles. The Hall–Kier alpha value is -0.910. The highest BCUT2D eigenvalue weighted by Gasteiger charge is 2.44. The smallest absolute Gasteiger partial charge is 0.138 e. The number of aryl methyl sites for hydroxylation is 2. The van der Waals surface area contributed by atoms with Gasteiger partial charge in [-0.2, -0.15) is 0 Å². The summed E-state index contributed by atoms with van der Waals surface area (Å²) in [7, 11) is 0. The Bertz CT molecular complexity index is 506. The van der Waals surface area contributed by atoms with E-state index in [0.29, 0.717) is 6.04 Å². The van der Waals surface area contributed by atoms with E-state index in [-0.39, 0.29) is 12.2 Å². The van der Waals surface area contributed by atoms with E-state index in [1.54, 1.807) is 0 Å². The quantitative estimate of drug-likeness (QED) is 0.836. The fraction of sp³-hybridized carbons (Fsp3) is 0.824. The highest BCUT2D eigenvalue weighted by atomic mass is 16.5. The molecule has 3 atom stereocenters. The van der Waals surface area contributed by atoms with Crippen molar-refractivity contribution in [1.82, 2.24) is 10.1 Å². The van der Waals surface area contributed by atoms with E-state index in [9.17, 15) is 0 Å². The predicted octanol–water partition coefficient (Wildman–Crippen LogP) is 2.45. The lowest BCUT2D eigenvalue weighted by molar-refractivity contribution is -0.116. The van der Waals surface area contributed by atoms with Crippen LogP contribution in [-0.2, 0) is 16.0 Å². The molecule has 4 rings (SSSR count). The van der Waals surface area contributed by atoms with E-state index in [2.05, 4.69) is 10.1 Å². The fourth-order valence-electron chi connectivity index (χ4n) is 3.84. The molecule has 2 heterocycles. The Labute approximate surface area is 131 Å². The standard InChI is InChI=1S/C17H26N2O3/c1-11-14(12(2)22-18-11)9-19-7-8-20-17-15(19)5-6-16(17)21-10-13-3-4-13/h13,15-17H,3-10H2,1-2H3/t15-,16-,17+/m0/s1. The van der Waals surface area contributed by atoms with Gasteiger partial charge in [0.2, 0.25) is 0 Å². The summed E-state index contributed by atoms with van der Waals surface area (Å²) in [4.78, 5) is 2.54. The van der Waals surface area contributed by atoms with Crippen LogP contribution in [-0.4, -0.2) is 48.1 Å². The van der Waals surface area contributed by atoms with Gasteiger partial charge in [0, 0.05) is 31.3 Å². The third-order valence-corrected chi connectivity index (χ3v) is 5.44. The maximum Gasteiger partial charge on any atom is 0.138 e. The molecule has 0 aromatic carbocycles. The number of hydrogen-bond acceptors (Lipinski definition) is 5. The van der Waals surface area contributed by atoms with Crippen molar-refractivity contribution < 1.29 is 14.0 Å².